The van der Waals surface area contributed by atoms with E-state index in [0.29, 0.717) is 24.5 Å². The van der Waals surface area contributed by atoms with Gasteiger partial charge in [-0.2, -0.15) is 48.3 Å². The van der Waals surface area contributed by atoms with Gasteiger partial charge in [-0.3, -0.25) is 0 Å². The Kier molecular flexibility index (Phi) is 42.9. The van der Waals surface area contributed by atoms with E-state index in [9.17, 15) is 78.8 Å². The largest absolute Gasteiger partial charge is 0.744 e. The fraction of sp³-hybridized carbons (Fsp3) is 0.357. The summed E-state index contributed by atoms with van der Waals surface area (Å²) >= 11 is 0. The first kappa shape index (κ1) is 115. The van der Waals surface area contributed by atoms with Crippen LogP contribution in [0.4, 0.5) is 65.9 Å². The van der Waals surface area contributed by atoms with Crippen LogP contribution in [-0.2, 0) is 36.6 Å². The minimum Gasteiger partial charge on any atom is -0.744 e. The van der Waals surface area contributed by atoms with Crippen LogP contribution >= 0.6 is 0 Å². The first-order valence-electron chi connectivity index (χ1n) is 47.4. The van der Waals surface area contributed by atoms with Crippen molar-refractivity contribution in [3.8, 4) is 34.5 Å². The number of phenols is 1. The first-order valence-corrected chi connectivity index (χ1v) is 51.2. The third kappa shape index (κ3) is 29.5. The maximum Gasteiger partial charge on any atom is 0.382 e. The van der Waals surface area contributed by atoms with Crippen molar-refractivity contribution in [2.24, 2.45) is 29.1 Å². The fourth-order valence-electron chi connectivity index (χ4n) is 17.9. The molecule has 27 heteroatoms. The minimum atomic E-state index is -6.54. The van der Waals surface area contributed by atoms with Gasteiger partial charge in [0, 0.05) is 11.0 Å². The Morgan fingerprint density at radius 1 is 0.415 bits per heavy atom. The van der Waals surface area contributed by atoms with E-state index >= 15 is 0 Å². The van der Waals surface area contributed by atoms with Gasteiger partial charge >= 0.3 is 24.1 Å². The fourth-order valence-corrected chi connectivity index (χ4v) is 22.8. The summed E-state index contributed by atoms with van der Waals surface area (Å²) in [6.45, 7) is 15.6. The summed E-state index contributed by atoms with van der Waals surface area (Å²) in [4.78, 5) is 5.95. The standard InChI is InChI=1S/C29H44O2.C22H19F11O2.2C18H15S.C16H14F4O4S.C10H14O.2CH3/c1-3-21(2)26-9-11-27(12-10-26)31-28(30-14-13-22-7-5-4-6-8-22)29-18-23-15-24(19-29)17-25(16-23)20-29;1-4-10(2)12-5-7-13(8-6-12)34-9-20(28,29)22(32,33)21(30,31)19(27)35-18-16(25)14(23)11(3)15(24)17(18)26;2*1-4-10-16(11-5-1)19(17-12-6-2-7-13-17)18-14-8-3-9-15-18;1-3-8(2)9-4-6-10(7-5-9)24-15-11(17)13(19)16(25(21,22)23)14(20)12(15)18;1-3-8(2)9-4-6-10(11)7-5-9;;/h9-12,21-25,28H,3-8,13-20H2,1-2H3;5-8,10,19H,4,9H2,1-3H3;2*1-15H;4-8H,3H2,1-2H3,(H,21,22,23);4-8,11H,3H2,1-2H3;2*1H3/q;;2*+1;;;2*-1/p-1. The van der Waals surface area contributed by atoms with Crippen molar-refractivity contribution in [1.82, 2.24) is 0 Å². The highest BCUT2D eigenvalue weighted by atomic mass is 32.2. The summed E-state index contributed by atoms with van der Waals surface area (Å²) in [5, 5.41) is 9.01. The average Bonchev–Trinajstić information content (AvgIpc) is 0.731. The zero-order valence-electron chi connectivity index (χ0n) is 81.7. The van der Waals surface area contributed by atoms with Gasteiger partial charge in [0.25, 0.3) is 0 Å². The number of hydrogen-bond donors (Lipinski definition) is 1. The van der Waals surface area contributed by atoms with Crippen molar-refractivity contribution in [2.75, 3.05) is 13.2 Å². The topological polar surface area (TPSA) is 124 Å². The molecule has 6 atom stereocenters. The molecule has 17 rings (SSSR count). The third-order valence-corrected chi connectivity index (χ3v) is 31.7. The molecular formula is C115H126F15O9S3-. The number of rotatable bonds is 32. The van der Waals surface area contributed by atoms with Crippen LogP contribution < -0.4 is 18.9 Å². The number of phenolic OH excluding ortho intramolecular Hbond substituents is 1. The summed E-state index contributed by atoms with van der Waals surface area (Å²) in [5.41, 5.74) is 3.35. The lowest BCUT2D eigenvalue weighted by Gasteiger charge is -2.58. The van der Waals surface area contributed by atoms with Gasteiger partial charge in [-0.05, 0) is 268 Å². The highest BCUT2D eigenvalue weighted by molar-refractivity contribution is 7.97. The Balaban J connectivity index is 0.000000195. The second-order valence-electron chi connectivity index (χ2n) is 36.2. The molecular weight excluding hydrogens is 1910 g/mol. The van der Waals surface area contributed by atoms with Crippen LogP contribution in [0.25, 0.3) is 0 Å². The van der Waals surface area contributed by atoms with Crippen LogP contribution in [-0.4, -0.2) is 61.7 Å². The summed E-state index contributed by atoms with van der Waals surface area (Å²) in [5.74, 6) is -35.0. The van der Waals surface area contributed by atoms with Gasteiger partial charge in [0.2, 0.25) is 41.1 Å². The molecule has 5 saturated carbocycles. The molecule has 5 aliphatic rings. The molecule has 764 valence electrons. The van der Waals surface area contributed by atoms with Crippen LogP contribution in [0.1, 0.15) is 210 Å². The summed E-state index contributed by atoms with van der Waals surface area (Å²) < 4.78 is 266. The van der Waals surface area contributed by atoms with Crippen molar-refractivity contribution < 1.29 is 108 Å². The molecule has 0 heterocycles. The third-order valence-electron chi connectivity index (χ3n) is 26.4. The summed E-state index contributed by atoms with van der Waals surface area (Å²) in [6, 6.07) is 91.7. The van der Waals surface area contributed by atoms with Crippen LogP contribution in [0.5, 0.6) is 34.5 Å². The van der Waals surface area contributed by atoms with Crippen LogP contribution in [0, 0.1) is 97.4 Å². The molecule has 4 bridgehead atoms. The number of aromatic hydroxyl groups is 1. The molecule has 0 aliphatic heterocycles. The van der Waals surface area contributed by atoms with Gasteiger partial charge < -0.3 is 48.2 Å². The lowest BCUT2D eigenvalue weighted by molar-refractivity contribution is -0.348. The van der Waals surface area contributed by atoms with Crippen molar-refractivity contribution in [2.45, 2.75) is 253 Å². The van der Waals surface area contributed by atoms with E-state index in [1.165, 1.54) is 148 Å². The predicted molar refractivity (Wildman–Crippen MR) is 531 cm³/mol. The van der Waals surface area contributed by atoms with E-state index in [1.54, 1.807) is 24.3 Å². The van der Waals surface area contributed by atoms with E-state index in [2.05, 4.69) is 243 Å². The lowest BCUT2D eigenvalue weighted by atomic mass is 9.49. The smallest absolute Gasteiger partial charge is 0.382 e. The Labute approximate surface area is 832 Å². The van der Waals surface area contributed by atoms with Crippen molar-refractivity contribution >= 4 is 31.9 Å². The lowest BCUT2D eigenvalue weighted by Crippen LogP contribution is -2.61. The Bertz CT molecular complexity index is 5550. The van der Waals surface area contributed by atoms with E-state index in [0.717, 1.165) is 78.6 Å². The van der Waals surface area contributed by atoms with Crippen molar-refractivity contribution in [1.29, 1.82) is 0 Å². The molecule has 5 fully saturated rings. The van der Waals surface area contributed by atoms with Crippen molar-refractivity contribution in [3.05, 3.63) is 368 Å². The van der Waals surface area contributed by atoms with E-state index in [1.807, 2.05) is 39.8 Å². The number of hydrogen-bond acceptors (Lipinski definition) is 9. The highest BCUT2D eigenvalue weighted by Crippen LogP contribution is 2.62. The van der Waals surface area contributed by atoms with Crippen LogP contribution in [0.2, 0.25) is 0 Å². The van der Waals surface area contributed by atoms with Crippen LogP contribution in [0.15, 0.2) is 313 Å². The van der Waals surface area contributed by atoms with Gasteiger partial charge in [0.1, 0.15) is 38.0 Å². The normalized spacial score (nSPS) is 17.2. The molecule has 0 amide bonds. The number of ether oxygens (including phenoxy) is 5. The van der Waals surface area contributed by atoms with Gasteiger partial charge in [0.15, 0.2) is 59.2 Å². The number of alkyl halides is 7. The first-order chi connectivity index (χ1) is 66.8. The molecule has 12 aromatic carbocycles. The zero-order chi connectivity index (χ0) is 101. The molecule has 6 unspecified atom stereocenters. The molecule has 0 saturated heterocycles. The second kappa shape index (κ2) is 53.1. The van der Waals surface area contributed by atoms with Gasteiger partial charge in [-0.1, -0.05) is 245 Å². The minimum absolute atomic E-state index is 0. The van der Waals surface area contributed by atoms with Crippen molar-refractivity contribution in [3.63, 3.8) is 0 Å². The van der Waals surface area contributed by atoms with Gasteiger partial charge in [-0.15, -0.1) is 0 Å². The Morgan fingerprint density at radius 3 is 1.05 bits per heavy atom. The molecule has 0 spiro atoms. The maximum absolute atomic E-state index is 14.0. The van der Waals surface area contributed by atoms with Crippen LogP contribution in [0.3, 0.4) is 0 Å². The second-order valence-corrected chi connectivity index (χ2v) is 41.6. The molecule has 0 radical (unpaired) electrons. The monoisotopic (exact) mass is 2030 g/mol. The number of halogens is 15. The van der Waals surface area contributed by atoms with E-state index < -0.39 is 115 Å². The summed E-state index contributed by atoms with van der Waals surface area (Å²) in [7, 11) is -5.78. The Morgan fingerprint density at radius 2 is 0.725 bits per heavy atom. The Hall–Kier alpha value is -10.8. The molecule has 142 heavy (non-hydrogen) atoms. The molecule has 12 aromatic rings. The maximum atomic E-state index is 14.0. The number of benzene rings is 12. The highest BCUT2D eigenvalue weighted by Gasteiger charge is 2.76. The SMILES string of the molecule is CCC(C)c1ccc(O)cc1.CCC(C)c1ccc(OC(OCCC2CCCCC2)C23CC4CC(CC(C4)C2)C3)cc1.CCC(C)c1ccc(OCC(F)(F)C(F)(F)C(F)(F)C(F)Oc2c(F)c(F)c(C)c(F)c2F)cc1.CCC(C)c1ccc(Oc2c(F)c(F)c(S(=O)(=O)[O-])c(F)c2F)cc1.[CH3-].[CH3-].c1ccc([S+](c2ccccc2)c2ccccc2)cc1.c1ccc([S+](c2ccccc2)c2ccccc2)cc1. The van der Waals surface area contributed by atoms with Gasteiger partial charge in [-0.25, -0.2) is 26.0 Å². The molecule has 1 N–H and O–H groups in total. The average molecular weight is 2030 g/mol. The molecule has 5 aliphatic carbocycles. The zero-order valence-corrected chi connectivity index (χ0v) is 84.1. The van der Waals surface area contributed by atoms with E-state index in [4.69, 9.17) is 19.3 Å². The quantitative estimate of drug-likeness (QED) is 0.0110. The molecule has 9 nitrogen and oxygen atoms in total. The van der Waals surface area contributed by atoms with Gasteiger partial charge in [0.05, 0.1) is 28.4 Å². The summed E-state index contributed by atoms with van der Waals surface area (Å²) in [6.07, 6.45) is 15.7. The van der Waals surface area contributed by atoms with E-state index in [-0.39, 0.29) is 65.9 Å². The molecule has 0 aromatic heterocycles. The predicted octanol–water partition coefficient (Wildman–Crippen LogP) is 33.7.